The van der Waals surface area contributed by atoms with Crippen molar-refractivity contribution in [2.45, 2.75) is 39.6 Å². The van der Waals surface area contributed by atoms with E-state index in [0.717, 1.165) is 0 Å². The number of alkyl halides is 4. The lowest BCUT2D eigenvalue weighted by atomic mass is 9.88. The molecule has 1 saturated heterocycles. The van der Waals surface area contributed by atoms with Crippen LogP contribution in [0, 0.1) is 0 Å². The number of fused-ring (bicyclic) bond motifs is 2. The summed E-state index contributed by atoms with van der Waals surface area (Å²) in [4.78, 5) is 23.4. The number of ether oxygens (including phenoxy) is 2. The topological polar surface area (TPSA) is 52.6 Å². The summed E-state index contributed by atoms with van der Waals surface area (Å²) >= 11 is 24.3. The average molecular weight is 362 g/mol. The number of carbonyl (C=O) groups excluding carboxylic acids is 2. The van der Waals surface area contributed by atoms with Crippen molar-refractivity contribution in [3.8, 4) is 0 Å². The molecular formula is C12H12Cl4O4. The molecule has 2 unspecified atom stereocenters. The van der Waals surface area contributed by atoms with E-state index in [9.17, 15) is 9.59 Å². The molecule has 0 radical (unpaired) electrons. The molecule has 2 atom stereocenters. The van der Waals surface area contributed by atoms with Crippen LogP contribution in [0.2, 0.25) is 0 Å². The molecule has 2 aliphatic heterocycles. The van der Waals surface area contributed by atoms with Gasteiger partial charge in [-0.2, -0.15) is 0 Å². The molecule has 0 aromatic heterocycles. The molecule has 8 heteroatoms. The Bertz CT molecular complexity index is 474. The summed E-state index contributed by atoms with van der Waals surface area (Å²) in [6.45, 7) is 0. The Kier molecular flexibility index (Phi) is 4.36. The third kappa shape index (κ3) is 2.35. The molecule has 0 aromatic carbocycles. The maximum atomic E-state index is 12.2. The molecule has 0 aliphatic carbocycles. The van der Waals surface area contributed by atoms with E-state index in [0.29, 0.717) is 6.42 Å². The second-order valence-corrected chi connectivity index (χ2v) is 7.46. The third-order valence-corrected chi connectivity index (χ3v) is 5.27. The second kappa shape index (κ2) is 5.33. The van der Waals surface area contributed by atoms with Crippen LogP contribution in [0.1, 0.15) is 19.3 Å². The van der Waals surface area contributed by atoms with Crippen LogP contribution in [-0.4, -0.2) is 39.2 Å². The Morgan fingerprint density at radius 3 is 2.65 bits per heavy atom. The van der Waals surface area contributed by atoms with Crippen LogP contribution in [0.15, 0.2) is 12.2 Å². The van der Waals surface area contributed by atoms with Crippen LogP contribution < -0.4 is 0 Å². The van der Waals surface area contributed by atoms with Gasteiger partial charge in [0, 0.05) is 6.42 Å². The smallest absolute Gasteiger partial charge is 0.305 e. The van der Waals surface area contributed by atoms with Gasteiger partial charge >= 0.3 is 5.97 Å². The van der Waals surface area contributed by atoms with E-state index in [1.807, 2.05) is 0 Å². The molecular weight excluding hydrogens is 350 g/mol. The fourth-order valence-corrected chi connectivity index (χ4v) is 3.76. The predicted octanol–water partition coefficient (Wildman–Crippen LogP) is 2.95. The zero-order valence-electron chi connectivity index (χ0n) is 10.5. The van der Waals surface area contributed by atoms with Crippen molar-refractivity contribution < 1.29 is 19.1 Å². The fraction of sp³-hybridized carbons (Fsp3) is 0.667. The molecule has 0 amide bonds. The van der Waals surface area contributed by atoms with Crippen LogP contribution in [0.25, 0.3) is 0 Å². The second-order valence-electron chi connectivity index (χ2n) is 4.74. The standard InChI is InChI=1S/C12H12Cl4O4/c1-19-8(17)3-2-5-10-6-4-7(20-10)11(13,14)9(18)12(10,15)16/h4,6-7H,2-3,5H2,1H3. The number of rotatable bonds is 4. The first-order chi connectivity index (χ1) is 9.17. The largest absolute Gasteiger partial charge is 0.469 e. The lowest BCUT2D eigenvalue weighted by Gasteiger charge is -2.46. The Balaban J connectivity index is 2.18. The molecule has 0 aromatic rings. The third-order valence-electron chi connectivity index (χ3n) is 3.51. The normalized spacial score (nSPS) is 33.2. The highest BCUT2D eigenvalue weighted by Gasteiger charge is 2.69. The highest BCUT2D eigenvalue weighted by atomic mass is 35.5. The summed E-state index contributed by atoms with van der Waals surface area (Å²) < 4.78 is 6.52. The van der Waals surface area contributed by atoms with E-state index in [1.165, 1.54) is 7.11 Å². The van der Waals surface area contributed by atoms with Gasteiger partial charge in [0.25, 0.3) is 0 Å². The SMILES string of the molecule is COC(=O)CCCC12C=CC(O1)C(Cl)(Cl)C(=O)C2(Cl)Cl. The first-order valence-corrected chi connectivity index (χ1v) is 7.43. The van der Waals surface area contributed by atoms with Gasteiger partial charge in [-0.05, 0) is 12.8 Å². The van der Waals surface area contributed by atoms with Gasteiger partial charge in [0.15, 0.2) is 0 Å². The first-order valence-electron chi connectivity index (χ1n) is 5.92. The lowest BCUT2D eigenvalue weighted by molar-refractivity contribution is -0.143. The number of Topliss-reactive ketones (excluding diaryl/α,β-unsaturated/α-hetero) is 1. The number of carbonyl (C=O) groups is 2. The van der Waals surface area contributed by atoms with Crippen LogP contribution in [0.4, 0.5) is 0 Å². The molecule has 2 rings (SSSR count). The summed E-state index contributed by atoms with van der Waals surface area (Å²) in [5.74, 6) is -1.07. The van der Waals surface area contributed by atoms with E-state index in [4.69, 9.17) is 51.1 Å². The molecule has 1 fully saturated rings. The number of halogens is 4. The lowest BCUT2D eigenvalue weighted by Crippen LogP contribution is -2.63. The predicted molar refractivity (Wildman–Crippen MR) is 76.5 cm³/mol. The highest BCUT2D eigenvalue weighted by Crippen LogP contribution is 2.56. The van der Waals surface area contributed by atoms with Crippen molar-refractivity contribution in [3.05, 3.63) is 12.2 Å². The van der Waals surface area contributed by atoms with Gasteiger partial charge in [-0.15, -0.1) is 0 Å². The summed E-state index contributed by atoms with van der Waals surface area (Å²) in [6.07, 6.45) is 3.21. The van der Waals surface area contributed by atoms with Gasteiger partial charge in [-0.3, -0.25) is 9.59 Å². The maximum Gasteiger partial charge on any atom is 0.305 e. The quantitative estimate of drug-likeness (QED) is 0.439. The van der Waals surface area contributed by atoms with E-state index in [2.05, 4.69) is 4.74 Å². The summed E-state index contributed by atoms with van der Waals surface area (Å²) in [6, 6.07) is 0. The average Bonchev–Trinajstić information content (AvgIpc) is 2.81. The number of ketones is 1. The van der Waals surface area contributed by atoms with Crippen molar-refractivity contribution in [1.82, 2.24) is 0 Å². The summed E-state index contributed by atoms with van der Waals surface area (Å²) in [7, 11) is 1.30. The van der Waals surface area contributed by atoms with Crippen molar-refractivity contribution in [3.63, 3.8) is 0 Å². The van der Waals surface area contributed by atoms with Gasteiger partial charge in [-0.1, -0.05) is 58.6 Å². The number of esters is 1. The molecule has 20 heavy (non-hydrogen) atoms. The van der Waals surface area contributed by atoms with Crippen molar-refractivity contribution in [1.29, 1.82) is 0 Å². The highest BCUT2D eigenvalue weighted by molar-refractivity contribution is 6.70. The minimum Gasteiger partial charge on any atom is -0.469 e. The van der Waals surface area contributed by atoms with E-state index in [1.54, 1.807) is 12.2 Å². The van der Waals surface area contributed by atoms with Crippen molar-refractivity contribution in [2.24, 2.45) is 0 Å². The Morgan fingerprint density at radius 2 is 2.05 bits per heavy atom. The van der Waals surface area contributed by atoms with Crippen LogP contribution in [0.5, 0.6) is 0 Å². The maximum absolute atomic E-state index is 12.2. The van der Waals surface area contributed by atoms with Gasteiger partial charge in [0.2, 0.25) is 14.4 Å². The number of hydrogen-bond donors (Lipinski definition) is 0. The molecule has 0 N–H and O–H groups in total. The molecule has 2 aliphatic rings. The molecule has 2 bridgehead atoms. The van der Waals surface area contributed by atoms with Crippen molar-refractivity contribution >= 4 is 58.2 Å². The Labute approximate surface area is 136 Å². The summed E-state index contributed by atoms with van der Waals surface area (Å²) in [5, 5.41) is 0. The molecule has 112 valence electrons. The van der Waals surface area contributed by atoms with Gasteiger partial charge in [0.05, 0.1) is 7.11 Å². The van der Waals surface area contributed by atoms with E-state index >= 15 is 0 Å². The van der Waals surface area contributed by atoms with Crippen LogP contribution in [0.3, 0.4) is 0 Å². The first kappa shape index (κ1) is 16.4. The Morgan fingerprint density at radius 1 is 1.40 bits per heavy atom. The van der Waals surface area contributed by atoms with Crippen LogP contribution >= 0.6 is 46.4 Å². The minimum atomic E-state index is -1.91. The van der Waals surface area contributed by atoms with Crippen molar-refractivity contribution in [2.75, 3.05) is 7.11 Å². The minimum absolute atomic E-state index is 0.172. The zero-order chi connectivity index (χ0) is 15.2. The Hall–Kier alpha value is -0.000000000000000111. The zero-order valence-corrected chi connectivity index (χ0v) is 13.5. The molecule has 4 nitrogen and oxygen atoms in total. The van der Waals surface area contributed by atoms with Gasteiger partial charge in [0.1, 0.15) is 11.7 Å². The van der Waals surface area contributed by atoms with Gasteiger partial charge < -0.3 is 9.47 Å². The summed E-state index contributed by atoms with van der Waals surface area (Å²) in [5.41, 5.74) is -1.22. The molecule has 0 spiro atoms. The monoisotopic (exact) mass is 360 g/mol. The van der Waals surface area contributed by atoms with E-state index in [-0.39, 0.29) is 18.8 Å². The molecule has 0 saturated carbocycles. The number of hydrogen-bond acceptors (Lipinski definition) is 4. The fourth-order valence-electron chi connectivity index (χ4n) is 2.35. The molecule has 2 heterocycles. The van der Waals surface area contributed by atoms with Crippen LogP contribution in [-0.2, 0) is 19.1 Å². The van der Waals surface area contributed by atoms with Gasteiger partial charge in [-0.25, -0.2) is 0 Å². The van der Waals surface area contributed by atoms with E-state index < -0.39 is 26.2 Å². The number of methoxy groups -OCH3 is 1.